The second-order valence-corrected chi connectivity index (χ2v) is 27.6. The molecule has 1 N–H and O–H groups in total. The molecule has 9 aromatic rings. The van der Waals surface area contributed by atoms with Gasteiger partial charge in [0.2, 0.25) is 0 Å². The molecule has 0 aliphatic carbocycles. The quantitative estimate of drug-likeness (QED) is 0.0481. The van der Waals surface area contributed by atoms with Crippen LogP contribution in [0.5, 0.6) is 0 Å². The second-order valence-electron chi connectivity index (χ2n) is 25.4. The van der Waals surface area contributed by atoms with Crippen molar-refractivity contribution in [2.75, 3.05) is 0 Å². The molecule has 0 saturated heterocycles. The molecule has 0 bridgehead atoms. The molecule has 3 heterocycles. The molecule has 0 amide bonds. The van der Waals surface area contributed by atoms with Crippen molar-refractivity contribution in [3.63, 3.8) is 0 Å². The predicted octanol–water partition coefficient (Wildman–Crippen LogP) is 21.3. The van der Waals surface area contributed by atoms with E-state index in [0.717, 1.165) is 71.1 Å². The zero-order valence-corrected chi connectivity index (χ0v) is 56.6. The van der Waals surface area contributed by atoms with Crippen molar-refractivity contribution in [1.82, 2.24) is 9.97 Å². The number of carbonyl (C=O) groups excluding carboxylic acids is 1. The molecule has 0 aliphatic heterocycles. The van der Waals surface area contributed by atoms with Crippen LogP contribution in [-0.2, 0) is 43.2 Å². The number of alkyl halides is 3. The molecule has 1 radical (unpaired) electrons. The Bertz CT molecular complexity index is 3680. The SMILES string of the molecule is CCC(CC)C(=O)/C=C(\O)C(CC)CC.Cc1[c-]c(-c2cc(-c3ccc(-c4ccc(CC(C)(C)C)cc4)cc3)ccn2)cc(C)c1.Cc1c(-c2ccc(CC(C)(C)C(F)(F)F)cc2)[se]c2c(-c3[c-]c4ccccc4c(C(C)(C)C)c3)nccc12.[Ir]. The van der Waals surface area contributed by atoms with Crippen LogP contribution in [0, 0.1) is 55.6 Å². The van der Waals surface area contributed by atoms with Crippen LogP contribution in [-0.4, -0.2) is 41.5 Å². The van der Waals surface area contributed by atoms with E-state index in [1.165, 1.54) is 83.9 Å². The van der Waals surface area contributed by atoms with Crippen LogP contribution < -0.4 is 0 Å². The zero-order chi connectivity index (χ0) is 61.3. The number of rotatable bonds is 15. The van der Waals surface area contributed by atoms with E-state index in [1.807, 2.05) is 70.4 Å². The van der Waals surface area contributed by atoms with Crippen LogP contribution >= 0.6 is 0 Å². The number of benzene rings is 6. The van der Waals surface area contributed by atoms with Gasteiger partial charge in [0.05, 0.1) is 5.76 Å². The Morgan fingerprint density at radius 1 is 0.600 bits per heavy atom. The third-order valence-electron chi connectivity index (χ3n) is 15.8. The normalized spacial score (nSPS) is 12.2. The Morgan fingerprint density at radius 2 is 1.14 bits per heavy atom. The minimum absolute atomic E-state index is 0. The van der Waals surface area contributed by atoms with E-state index in [-0.39, 0.29) is 69.8 Å². The monoisotopic (exact) mass is 1390 g/mol. The van der Waals surface area contributed by atoms with E-state index in [0.29, 0.717) is 11.0 Å². The van der Waals surface area contributed by atoms with Gasteiger partial charge in [-0.05, 0) is 77.1 Å². The zero-order valence-electron chi connectivity index (χ0n) is 52.5. The van der Waals surface area contributed by atoms with Gasteiger partial charge in [0.15, 0.2) is 5.78 Å². The summed E-state index contributed by atoms with van der Waals surface area (Å²) in [5.74, 6) is 0.547. The largest absolute Gasteiger partial charge is 0 e. The number of nitrogens with zero attached hydrogens (tertiary/aromatic N) is 2. The Hall–Kier alpha value is -6.21. The van der Waals surface area contributed by atoms with E-state index in [2.05, 4.69) is 183 Å². The average Bonchev–Trinajstić information content (AvgIpc) is 2.03. The van der Waals surface area contributed by atoms with Gasteiger partial charge in [0.1, 0.15) is 0 Å². The number of pyridine rings is 2. The Balaban J connectivity index is 0.000000222. The van der Waals surface area contributed by atoms with Gasteiger partial charge in [0.25, 0.3) is 0 Å². The standard InChI is InChI=1S/C33H31F3NSe.C30H30N.C13H24O2.Ir/c1-20-25-15-16-37-28(24-17-23-9-7-8-10-26(23)27(18-24)31(2,3)4)30(25)38-29(20)22-13-11-21(12-14-22)19-32(5,6)33(34,35)36;1-21-16-22(2)18-28(17-21)29-19-27(14-15-31-29)26-12-10-25(11-13-26)24-8-6-23(7-9-24)20-30(3,4)5;1-5-10(6-2)12(14)9-13(15)11(7-3)8-4;/h7-16,18H,19H2,1-6H3;6-17,19H,20H2,1-5H3;9-11,14H,5-8H2,1-4H3;/q2*-1;;/b;;12-9-;. The molecule has 449 valence electrons. The van der Waals surface area contributed by atoms with Gasteiger partial charge >= 0.3 is 229 Å². The van der Waals surface area contributed by atoms with Crippen LogP contribution in [0.4, 0.5) is 13.2 Å². The van der Waals surface area contributed by atoms with E-state index < -0.39 is 11.6 Å². The van der Waals surface area contributed by atoms with Gasteiger partial charge in [-0.1, -0.05) is 117 Å². The summed E-state index contributed by atoms with van der Waals surface area (Å²) in [6.45, 7) is 30.4. The summed E-state index contributed by atoms with van der Waals surface area (Å²) in [4.78, 5) is 21.1. The number of aromatic nitrogens is 2. The minimum Gasteiger partial charge on any atom is 0 e. The van der Waals surface area contributed by atoms with Gasteiger partial charge in [-0.15, -0.1) is 34.9 Å². The fourth-order valence-corrected chi connectivity index (χ4v) is 13.6. The number of hydrogen-bond donors (Lipinski definition) is 1. The summed E-state index contributed by atoms with van der Waals surface area (Å²) in [7, 11) is 0. The fourth-order valence-electron chi connectivity index (χ4n) is 10.8. The van der Waals surface area contributed by atoms with E-state index in [1.54, 1.807) is 0 Å². The van der Waals surface area contributed by atoms with Crippen molar-refractivity contribution in [1.29, 1.82) is 0 Å². The Morgan fingerprint density at radius 3 is 1.69 bits per heavy atom. The number of aliphatic hydroxyl groups excluding tert-OH is 1. The van der Waals surface area contributed by atoms with E-state index >= 15 is 0 Å². The third-order valence-corrected chi connectivity index (χ3v) is 18.7. The van der Waals surface area contributed by atoms with Crippen LogP contribution in [0.2, 0.25) is 0 Å². The molecule has 0 saturated carbocycles. The summed E-state index contributed by atoms with van der Waals surface area (Å²) in [5.41, 5.74) is 15.4. The van der Waals surface area contributed by atoms with Crippen LogP contribution in [0.15, 0.2) is 158 Å². The number of carbonyl (C=O) groups is 1. The number of fused-ring (bicyclic) bond motifs is 2. The number of hydrogen-bond acceptors (Lipinski definition) is 4. The van der Waals surface area contributed by atoms with Gasteiger partial charge in [-0.3, -0.25) is 4.79 Å². The molecule has 0 unspecified atom stereocenters. The summed E-state index contributed by atoms with van der Waals surface area (Å²) >= 11 is 0.0111. The molecule has 9 heteroatoms. The molecule has 0 fully saturated rings. The van der Waals surface area contributed by atoms with E-state index in [4.69, 9.17) is 4.98 Å². The first kappa shape index (κ1) is 67.9. The average molecular weight is 1390 g/mol. The van der Waals surface area contributed by atoms with Crippen molar-refractivity contribution < 1.29 is 43.2 Å². The topological polar surface area (TPSA) is 63.1 Å². The Kier molecular flexibility index (Phi) is 23.2. The first-order chi connectivity index (χ1) is 39.6. The maximum absolute atomic E-state index is 13.4. The second kappa shape index (κ2) is 29.0. The fraction of sp³-hybridized carbons (Fsp3) is 0.355. The summed E-state index contributed by atoms with van der Waals surface area (Å²) in [6, 6.07) is 53.7. The van der Waals surface area contributed by atoms with Crippen LogP contribution in [0.3, 0.4) is 0 Å². The first-order valence-corrected chi connectivity index (χ1v) is 31.5. The first-order valence-electron chi connectivity index (χ1n) is 29.7. The molecule has 4 nitrogen and oxygen atoms in total. The van der Waals surface area contributed by atoms with Crippen molar-refractivity contribution in [3.05, 3.63) is 203 Å². The van der Waals surface area contributed by atoms with Crippen LogP contribution in [0.25, 0.3) is 75.2 Å². The summed E-state index contributed by atoms with van der Waals surface area (Å²) in [5, 5.41) is 13.3. The van der Waals surface area contributed by atoms with Gasteiger partial charge in [0, 0.05) is 44.2 Å². The number of aryl methyl sites for hydroxylation is 3. The number of halogens is 3. The molecule has 3 aromatic heterocycles. The van der Waals surface area contributed by atoms with Crippen molar-refractivity contribution in [2.24, 2.45) is 22.7 Å². The van der Waals surface area contributed by atoms with Crippen molar-refractivity contribution in [2.45, 2.75) is 154 Å². The molecule has 9 rings (SSSR count). The third kappa shape index (κ3) is 17.5. The van der Waals surface area contributed by atoms with Crippen LogP contribution in [0.1, 0.15) is 142 Å². The molecule has 0 atom stereocenters. The molecular formula is C76H85F3IrN2O2Se-2. The minimum atomic E-state index is -4.24. The van der Waals surface area contributed by atoms with E-state index in [9.17, 15) is 23.1 Å². The van der Waals surface area contributed by atoms with Gasteiger partial charge < -0.3 is 10.1 Å². The number of aliphatic hydroxyl groups is 1. The molecule has 0 spiro atoms. The molecule has 85 heavy (non-hydrogen) atoms. The summed E-state index contributed by atoms with van der Waals surface area (Å²) < 4.78 is 42.7. The van der Waals surface area contributed by atoms with Gasteiger partial charge in [-0.2, -0.15) is 0 Å². The van der Waals surface area contributed by atoms with Crippen molar-refractivity contribution in [3.8, 4) is 54.8 Å². The molecular weight excluding hydrogens is 1300 g/mol. The number of allylic oxidation sites excluding steroid dienone is 2. The maximum Gasteiger partial charge on any atom is 0 e. The smallest absolute Gasteiger partial charge is 0 e. The molecule has 6 aromatic carbocycles. The summed E-state index contributed by atoms with van der Waals surface area (Å²) in [6.07, 6.45) is 5.48. The Labute approximate surface area is 525 Å². The van der Waals surface area contributed by atoms with Gasteiger partial charge in [-0.25, -0.2) is 0 Å². The van der Waals surface area contributed by atoms with Crippen molar-refractivity contribution >= 4 is 40.7 Å². The predicted molar refractivity (Wildman–Crippen MR) is 349 cm³/mol. The number of ketones is 1. The maximum atomic E-state index is 13.4. The molecule has 0 aliphatic rings.